The van der Waals surface area contributed by atoms with Gasteiger partial charge in [0.2, 0.25) is 0 Å². The highest BCUT2D eigenvalue weighted by Crippen LogP contribution is 2.37. The maximum atomic E-state index is 14.5. The number of aryl methyl sites for hydroxylation is 1. The van der Waals surface area contributed by atoms with Gasteiger partial charge in [-0.3, -0.25) is 0 Å². The summed E-state index contributed by atoms with van der Waals surface area (Å²) in [6.07, 6.45) is 15.1. The van der Waals surface area contributed by atoms with Crippen LogP contribution >= 0.6 is 11.6 Å². The monoisotopic (exact) mass is 334 g/mol. The molecule has 0 fully saturated rings. The highest BCUT2D eigenvalue weighted by atomic mass is 35.5. The third-order valence-electron chi connectivity index (χ3n) is 4.80. The lowest BCUT2D eigenvalue weighted by atomic mass is 9.84. The van der Waals surface area contributed by atoms with Crippen molar-refractivity contribution in [2.24, 2.45) is 5.92 Å². The van der Waals surface area contributed by atoms with Crippen LogP contribution < -0.4 is 0 Å². The van der Waals surface area contributed by atoms with E-state index in [1.165, 1.54) is 18.4 Å². The fraction of sp³-hybridized carbons (Fsp3) is 0.524. The van der Waals surface area contributed by atoms with E-state index in [1.54, 1.807) is 0 Å². The minimum atomic E-state index is -0.214. The van der Waals surface area contributed by atoms with Crippen LogP contribution in [0.15, 0.2) is 30.4 Å². The standard InChI is InChI=1S/C21H28ClF/c1-3-5-7-8-16-10-12-17(13-11-16)19-15-14-18(9-6-4-2)21(23)20(19)22/h3,5,12,14-16H,4,6-11,13H2,1-2H3/b5-3+. The Hall–Kier alpha value is -1.08. The van der Waals surface area contributed by atoms with Crippen molar-refractivity contribution in [2.45, 2.75) is 65.2 Å². The van der Waals surface area contributed by atoms with E-state index in [-0.39, 0.29) is 5.82 Å². The molecule has 0 radical (unpaired) electrons. The van der Waals surface area contributed by atoms with Crippen LogP contribution in [0, 0.1) is 11.7 Å². The van der Waals surface area contributed by atoms with E-state index in [1.807, 2.05) is 12.1 Å². The van der Waals surface area contributed by atoms with Gasteiger partial charge in [0, 0.05) is 0 Å². The highest BCUT2D eigenvalue weighted by molar-refractivity contribution is 6.32. The number of benzene rings is 1. The van der Waals surface area contributed by atoms with Crippen molar-refractivity contribution >= 4 is 17.2 Å². The molecule has 126 valence electrons. The van der Waals surface area contributed by atoms with Crippen LogP contribution in [-0.2, 0) is 6.42 Å². The van der Waals surface area contributed by atoms with Gasteiger partial charge < -0.3 is 0 Å². The lowest BCUT2D eigenvalue weighted by Crippen LogP contribution is -2.06. The topological polar surface area (TPSA) is 0 Å². The third kappa shape index (κ3) is 4.94. The van der Waals surface area contributed by atoms with Crippen molar-refractivity contribution < 1.29 is 4.39 Å². The van der Waals surface area contributed by atoms with Crippen LogP contribution in [0.5, 0.6) is 0 Å². The summed E-state index contributed by atoms with van der Waals surface area (Å²) in [5, 5.41) is 0.317. The van der Waals surface area contributed by atoms with Crippen LogP contribution in [0.2, 0.25) is 5.02 Å². The first-order valence-corrected chi connectivity index (χ1v) is 9.32. The van der Waals surface area contributed by atoms with Gasteiger partial charge in [-0.05, 0) is 74.5 Å². The predicted octanol–water partition coefficient (Wildman–Crippen LogP) is 7.36. The molecule has 1 aromatic rings. The molecule has 0 heterocycles. The van der Waals surface area contributed by atoms with Crippen LogP contribution in [-0.4, -0.2) is 0 Å². The first-order valence-electron chi connectivity index (χ1n) is 8.94. The van der Waals surface area contributed by atoms with E-state index in [4.69, 9.17) is 11.6 Å². The molecule has 1 aliphatic rings. The van der Waals surface area contributed by atoms with Gasteiger partial charge in [0.05, 0.1) is 5.02 Å². The molecule has 1 aliphatic carbocycles. The van der Waals surface area contributed by atoms with E-state index in [9.17, 15) is 4.39 Å². The van der Waals surface area contributed by atoms with Crippen molar-refractivity contribution in [2.75, 3.05) is 0 Å². The molecular formula is C21H28ClF. The van der Waals surface area contributed by atoms with Crippen molar-refractivity contribution in [3.8, 4) is 0 Å². The maximum absolute atomic E-state index is 14.5. The summed E-state index contributed by atoms with van der Waals surface area (Å²) >= 11 is 6.32. The maximum Gasteiger partial charge on any atom is 0.145 e. The van der Waals surface area contributed by atoms with Crippen LogP contribution in [0.4, 0.5) is 4.39 Å². The Morgan fingerprint density at radius 1 is 1.35 bits per heavy atom. The molecule has 1 unspecified atom stereocenters. The zero-order chi connectivity index (χ0) is 16.7. The van der Waals surface area contributed by atoms with E-state index in [0.717, 1.165) is 55.6 Å². The summed E-state index contributed by atoms with van der Waals surface area (Å²) in [7, 11) is 0. The lowest BCUT2D eigenvalue weighted by molar-refractivity contribution is 0.454. The van der Waals surface area contributed by atoms with E-state index < -0.39 is 0 Å². The van der Waals surface area contributed by atoms with Crippen LogP contribution in [0.3, 0.4) is 0 Å². The Balaban J connectivity index is 2.06. The molecule has 0 spiro atoms. The zero-order valence-corrected chi connectivity index (χ0v) is 15.1. The van der Waals surface area contributed by atoms with Gasteiger partial charge in [-0.1, -0.05) is 55.3 Å². The fourth-order valence-electron chi connectivity index (χ4n) is 3.29. The average molecular weight is 335 g/mol. The Morgan fingerprint density at radius 3 is 2.83 bits per heavy atom. The molecule has 1 atom stereocenters. The molecule has 0 aliphatic heterocycles. The van der Waals surface area contributed by atoms with Crippen molar-refractivity contribution in [1.29, 1.82) is 0 Å². The van der Waals surface area contributed by atoms with Gasteiger partial charge in [0.25, 0.3) is 0 Å². The molecule has 0 N–H and O–H groups in total. The average Bonchev–Trinajstić information content (AvgIpc) is 2.57. The van der Waals surface area contributed by atoms with Gasteiger partial charge in [0.15, 0.2) is 0 Å². The molecule has 0 amide bonds. The number of hydrogen-bond donors (Lipinski definition) is 0. The van der Waals surface area contributed by atoms with Gasteiger partial charge in [-0.25, -0.2) is 4.39 Å². The summed E-state index contributed by atoms with van der Waals surface area (Å²) in [6.45, 7) is 4.19. The van der Waals surface area contributed by atoms with E-state index in [0.29, 0.717) is 5.02 Å². The van der Waals surface area contributed by atoms with Crippen LogP contribution in [0.1, 0.15) is 69.9 Å². The molecule has 23 heavy (non-hydrogen) atoms. The molecule has 0 bridgehead atoms. The lowest BCUT2D eigenvalue weighted by Gasteiger charge is -2.22. The second-order valence-corrected chi connectivity index (χ2v) is 6.90. The highest BCUT2D eigenvalue weighted by Gasteiger charge is 2.19. The Kier molecular flexibility index (Phi) is 7.36. The number of hydrogen-bond acceptors (Lipinski definition) is 0. The quantitative estimate of drug-likeness (QED) is 0.457. The summed E-state index contributed by atoms with van der Waals surface area (Å²) in [5.74, 6) is 0.538. The Bertz CT molecular complexity index is 571. The van der Waals surface area contributed by atoms with Crippen molar-refractivity contribution in [3.63, 3.8) is 0 Å². The van der Waals surface area contributed by atoms with Gasteiger partial charge >= 0.3 is 0 Å². The minimum Gasteiger partial charge on any atom is -0.205 e. The van der Waals surface area contributed by atoms with E-state index >= 15 is 0 Å². The van der Waals surface area contributed by atoms with Gasteiger partial charge in [-0.15, -0.1) is 0 Å². The molecule has 0 saturated heterocycles. The van der Waals surface area contributed by atoms with Gasteiger partial charge in [0.1, 0.15) is 5.82 Å². The smallest absolute Gasteiger partial charge is 0.145 e. The number of halogens is 2. The summed E-state index contributed by atoms with van der Waals surface area (Å²) in [5.41, 5.74) is 2.87. The third-order valence-corrected chi connectivity index (χ3v) is 5.17. The van der Waals surface area contributed by atoms with Crippen LogP contribution in [0.25, 0.3) is 5.57 Å². The van der Waals surface area contributed by atoms with E-state index in [2.05, 4.69) is 32.1 Å². The largest absolute Gasteiger partial charge is 0.205 e. The summed E-state index contributed by atoms with van der Waals surface area (Å²) in [6, 6.07) is 3.94. The minimum absolute atomic E-state index is 0.214. The van der Waals surface area contributed by atoms with Crippen molar-refractivity contribution in [3.05, 3.63) is 52.3 Å². The Morgan fingerprint density at radius 2 is 2.17 bits per heavy atom. The zero-order valence-electron chi connectivity index (χ0n) is 14.4. The van der Waals surface area contributed by atoms with Crippen molar-refractivity contribution in [1.82, 2.24) is 0 Å². The second-order valence-electron chi connectivity index (χ2n) is 6.52. The molecular weight excluding hydrogens is 307 g/mol. The molecule has 1 aromatic carbocycles. The summed E-state index contributed by atoms with van der Waals surface area (Å²) < 4.78 is 14.5. The molecule has 0 nitrogen and oxygen atoms in total. The SMILES string of the molecule is C/C=C/CCC1CC=C(c2ccc(CCCC)c(F)c2Cl)CC1. The molecule has 2 rings (SSSR count). The number of allylic oxidation sites excluding steroid dienone is 4. The predicted molar refractivity (Wildman–Crippen MR) is 99.4 cm³/mol. The normalized spacial score (nSPS) is 18.4. The molecule has 2 heteroatoms. The second kappa shape index (κ2) is 9.27. The number of rotatable bonds is 7. The first kappa shape index (κ1) is 18.3. The first-order chi connectivity index (χ1) is 11.2. The fourth-order valence-corrected chi connectivity index (χ4v) is 3.60. The Labute approximate surface area is 145 Å². The molecule has 0 saturated carbocycles. The summed E-state index contributed by atoms with van der Waals surface area (Å²) in [4.78, 5) is 0. The molecule has 0 aromatic heterocycles. The number of unbranched alkanes of at least 4 members (excludes halogenated alkanes) is 1. The van der Waals surface area contributed by atoms with Gasteiger partial charge in [-0.2, -0.15) is 0 Å².